The Morgan fingerprint density at radius 1 is 1.30 bits per heavy atom. The Hall–Kier alpha value is -1.42. The van der Waals surface area contributed by atoms with Crippen molar-refractivity contribution in [2.45, 2.75) is 50.2 Å². The van der Waals surface area contributed by atoms with Crippen LogP contribution in [0, 0.1) is 0 Å². The highest BCUT2D eigenvalue weighted by molar-refractivity contribution is 5.56. The van der Waals surface area contributed by atoms with E-state index in [0.29, 0.717) is 11.4 Å². The van der Waals surface area contributed by atoms with Crippen molar-refractivity contribution in [2.24, 2.45) is 0 Å². The number of anilines is 1. The van der Waals surface area contributed by atoms with E-state index in [1.54, 1.807) is 7.11 Å². The van der Waals surface area contributed by atoms with Gasteiger partial charge in [0.25, 0.3) is 0 Å². The highest BCUT2D eigenvalue weighted by Crippen LogP contribution is 2.41. The number of rotatable bonds is 3. The number of methoxy groups -OCH3 is 1. The maximum absolute atomic E-state index is 6.11. The van der Waals surface area contributed by atoms with Crippen LogP contribution in [-0.4, -0.2) is 25.4 Å². The molecule has 1 spiro atoms. The van der Waals surface area contributed by atoms with Crippen LogP contribution in [0.15, 0.2) is 18.2 Å². The third-order valence-electron chi connectivity index (χ3n) is 4.47. The molecule has 1 aliphatic heterocycles. The first-order chi connectivity index (χ1) is 9.71. The minimum atomic E-state index is 0.0843. The van der Waals surface area contributed by atoms with E-state index in [-0.39, 0.29) is 11.7 Å². The van der Waals surface area contributed by atoms with E-state index in [2.05, 4.69) is 0 Å². The molecule has 1 saturated heterocycles. The zero-order chi connectivity index (χ0) is 14.0. The lowest BCUT2D eigenvalue weighted by atomic mass is 9.90. The number of ether oxygens (including phenoxy) is 3. The quantitative estimate of drug-likeness (QED) is 0.862. The molecule has 0 amide bonds. The molecule has 4 heteroatoms. The molecule has 20 heavy (non-hydrogen) atoms. The standard InChI is InChI=1S/C16H23NO3/c1-18-15-5-4-12(10-14(15)17)20-13-6-9-19-16(11-13)7-2-3-8-16/h4-5,10,13H,2-3,6-9,11,17H2,1H3. The molecule has 1 atom stereocenters. The monoisotopic (exact) mass is 277 g/mol. The summed E-state index contributed by atoms with van der Waals surface area (Å²) in [4.78, 5) is 0. The highest BCUT2D eigenvalue weighted by atomic mass is 16.5. The average molecular weight is 277 g/mol. The summed E-state index contributed by atoms with van der Waals surface area (Å²) in [6, 6.07) is 5.62. The fraction of sp³-hybridized carbons (Fsp3) is 0.625. The largest absolute Gasteiger partial charge is 0.495 e. The molecule has 0 radical (unpaired) electrons. The van der Waals surface area contributed by atoms with Crippen molar-refractivity contribution in [1.29, 1.82) is 0 Å². The third-order valence-corrected chi connectivity index (χ3v) is 4.47. The Morgan fingerprint density at radius 3 is 2.80 bits per heavy atom. The summed E-state index contributed by atoms with van der Waals surface area (Å²) in [5.41, 5.74) is 6.63. The number of nitrogen functional groups attached to an aromatic ring is 1. The summed E-state index contributed by atoms with van der Waals surface area (Å²) in [6.07, 6.45) is 7.10. The number of hydrogen-bond donors (Lipinski definition) is 1. The second-order valence-electron chi connectivity index (χ2n) is 5.87. The van der Waals surface area contributed by atoms with E-state index in [0.717, 1.165) is 25.2 Å². The molecule has 1 heterocycles. The lowest BCUT2D eigenvalue weighted by Crippen LogP contribution is -2.41. The average Bonchev–Trinajstić information content (AvgIpc) is 2.87. The van der Waals surface area contributed by atoms with Crippen LogP contribution >= 0.6 is 0 Å². The van der Waals surface area contributed by atoms with Gasteiger partial charge in [-0.2, -0.15) is 0 Å². The van der Waals surface area contributed by atoms with Gasteiger partial charge in [-0.1, -0.05) is 12.8 Å². The second kappa shape index (κ2) is 5.52. The van der Waals surface area contributed by atoms with Gasteiger partial charge in [0.1, 0.15) is 17.6 Å². The SMILES string of the molecule is COc1ccc(OC2CCOC3(CCCC3)C2)cc1N. The summed E-state index contributed by atoms with van der Waals surface area (Å²) in [7, 11) is 1.62. The summed E-state index contributed by atoms with van der Waals surface area (Å²) < 4.78 is 17.3. The van der Waals surface area contributed by atoms with Gasteiger partial charge in [0.05, 0.1) is 25.0 Å². The number of hydrogen-bond acceptors (Lipinski definition) is 4. The van der Waals surface area contributed by atoms with Gasteiger partial charge in [0, 0.05) is 18.9 Å². The molecule has 1 aromatic rings. The molecule has 3 rings (SSSR count). The Morgan fingerprint density at radius 2 is 2.10 bits per heavy atom. The predicted octanol–water partition coefficient (Wildman–Crippen LogP) is 3.15. The van der Waals surface area contributed by atoms with Gasteiger partial charge in [-0.25, -0.2) is 0 Å². The van der Waals surface area contributed by atoms with Crippen molar-refractivity contribution < 1.29 is 14.2 Å². The van der Waals surface area contributed by atoms with Crippen LogP contribution in [0.2, 0.25) is 0 Å². The molecule has 4 nitrogen and oxygen atoms in total. The maximum atomic E-state index is 6.11. The van der Waals surface area contributed by atoms with Gasteiger partial charge in [-0.05, 0) is 25.0 Å². The van der Waals surface area contributed by atoms with Crippen LogP contribution in [0.25, 0.3) is 0 Å². The number of benzene rings is 1. The van der Waals surface area contributed by atoms with Crippen molar-refractivity contribution in [2.75, 3.05) is 19.5 Å². The van der Waals surface area contributed by atoms with Crippen LogP contribution in [0.1, 0.15) is 38.5 Å². The summed E-state index contributed by atoms with van der Waals surface area (Å²) in [6.45, 7) is 0.802. The van der Waals surface area contributed by atoms with Crippen LogP contribution in [0.5, 0.6) is 11.5 Å². The number of nitrogens with two attached hydrogens (primary N) is 1. The van der Waals surface area contributed by atoms with Crippen LogP contribution in [0.3, 0.4) is 0 Å². The first-order valence-electron chi connectivity index (χ1n) is 7.45. The zero-order valence-electron chi connectivity index (χ0n) is 12.1. The zero-order valence-corrected chi connectivity index (χ0v) is 12.1. The molecule has 2 aliphatic rings. The molecule has 110 valence electrons. The Kier molecular flexibility index (Phi) is 3.74. The van der Waals surface area contributed by atoms with E-state index in [1.807, 2.05) is 18.2 Å². The van der Waals surface area contributed by atoms with E-state index < -0.39 is 0 Å². The van der Waals surface area contributed by atoms with Crippen molar-refractivity contribution in [3.8, 4) is 11.5 Å². The first-order valence-corrected chi connectivity index (χ1v) is 7.45. The van der Waals surface area contributed by atoms with E-state index in [9.17, 15) is 0 Å². The van der Waals surface area contributed by atoms with Gasteiger partial charge in [0.2, 0.25) is 0 Å². The van der Waals surface area contributed by atoms with E-state index in [4.69, 9.17) is 19.9 Å². The summed E-state index contributed by atoms with van der Waals surface area (Å²) in [5.74, 6) is 1.51. The first kappa shape index (κ1) is 13.6. The van der Waals surface area contributed by atoms with Crippen molar-refractivity contribution in [1.82, 2.24) is 0 Å². The molecule has 1 aromatic carbocycles. The van der Waals surface area contributed by atoms with Crippen molar-refractivity contribution in [3.63, 3.8) is 0 Å². The van der Waals surface area contributed by atoms with Crippen LogP contribution in [-0.2, 0) is 4.74 Å². The minimum Gasteiger partial charge on any atom is -0.495 e. The fourth-order valence-electron chi connectivity index (χ4n) is 3.43. The predicted molar refractivity (Wildman–Crippen MR) is 78.2 cm³/mol. The second-order valence-corrected chi connectivity index (χ2v) is 5.87. The van der Waals surface area contributed by atoms with Crippen LogP contribution < -0.4 is 15.2 Å². The molecule has 1 unspecified atom stereocenters. The summed E-state index contributed by atoms with van der Waals surface area (Å²) in [5, 5.41) is 0. The molecule has 2 N–H and O–H groups in total. The van der Waals surface area contributed by atoms with Gasteiger partial charge in [0.15, 0.2) is 0 Å². The molecule has 0 bridgehead atoms. The van der Waals surface area contributed by atoms with Gasteiger partial charge in [-0.15, -0.1) is 0 Å². The lowest BCUT2D eigenvalue weighted by Gasteiger charge is -2.38. The Bertz CT molecular complexity index is 469. The molecule has 1 aliphatic carbocycles. The smallest absolute Gasteiger partial charge is 0.142 e. The normalized spacial score (nSPS) is 24.8. The van der Waals surface area contributed by atoms with Crippen LogP contribution in [0.4, 0.5) is 5.69 Å². The fourth-order valence-corrected chi connectivity index (χ4v) is 3.43. The topological polar surface area (TPSA) is 53.7 Å². The minimum absolute atomic E-state index is 0.0843. The Labute approximate surface area is 120 Å². The molecular formula is C16H23NO3. The summed E-state index contributed by atoms with van der Waals surface area (Å²) >= 11 is 0. The van der Waals surface area contributed by atoms with Gasteiger partial charge in [-0.3, -0.25) is 0 Å². The maximum Gasteiger partial charge on any atom is 0.142 e. The highest BCUT2D eigenvalue weighted by Gasteiger charge is 2.40. The van der Waals surface area contributed by atoms with Crippen molar-refractivity contribution >= 4 is 5.69 Å². The molecular weight excluding hydrogens is 254 g/mol. The molecule has 0 aromatic heterocycles. The molecule has 1 saturated carbocycles. The molecule has 2 fully saturated rings. The third kappa shape index (κ3) is 2.70. The van der Waals surface area contributed by atoms with E-state index >= 15 is 0 Å². The van der Waals surface area contributed by atoms with Gasteiger partial charge >= 0.3 is 0 Å². The Balaban J connectivity index is 1.66. The lowest BCUT2D eigenvalue weighted by molar-refractivity contribution is -0.108. The van der Waals surface area contributed by atoms with Crippen molar-refractivity contribution in [3.05, 3.63) is 18.2 Å². The van der Waals surface area contributed by atoms with Gasteiger partial charge < -0.3 is 19.9 Å². The van der Waals surface area contributed by atoms with E-state index in [1.165, 1.54) is 25.7 Å².